The second-order valence-electron chi connectivity index (χ2n) is 3.76. The molecule has 0 N–H and O–H groups in total. The number of hydrogen-bond acceptors (Lipinski definition) is 2. The summed E-state index contributed by atoms with van der Waals surface area (Å²) in [5.74, 6) is 1.01. The molecular formula is C12H15N3. The average molecular weight is 201 g/mol. The highest BCUT2D eigenvalue weighted by Gasteiger charge is 2.00. The van der Waals surface area contributed by atoms with Crippen LogP contribution >= 0.6 is 0 Å². The number of aryl methyl sites for hydroxylation is 1. The summed E-state index contributed by atoms with van der Waals surface area (Å²) in [5, 5.41) is 0. The minimum absolute atomic E-state index is 1.01. The molecule has 0 atom stereocenters. The lowest BCUT2D eigenvalue weighted by atomic mass is 10.2. The molecule has 3 nitrogen and oxygen atoms in total. The summed E-state index contributed by atoms with van der Waals surface area (Å²) < 4.78 is 2.07. The average Bonchev–Trinajstić information content (AvgIpc) is 2.65. The minimum Gasteiger partial charge on any atom is -0.378 e. The van der Waals surface area contributed by atoms with E-state index in [0.29, 0.717) is 0 Å². The first-order valence-electron chi connectivity index (χ1n) is 4.96. The number of rotatable bonds is 2. The lowest BCUT2D eigenvalue weighted by Gasteiger charge is -2.13. The maximum Gasteiger partial charge on any atom is 0.110 e. The third kappa shape index (κ3) is 1.86. The van der Waals surface area contributed by atoms with Crippen molar-refractivity contribution in [1.82, 2.24) is 9.55 Å². The van der Waals surface area contributed by atoms with Crippen LogP contribution in [0.2, 0.25) is 0 Å². The van der Waals surface area contributed by atoms with Crippen LogP contribution < -0.4 is 4.90 Å². The summed E-state index contributed by atoms with van der Waals surface area (Å²) in [6, 6.07) is 8.41. The Morgan fingerprint density at radius 1 is 1.13 bits per heavy atom. The summed E-state index contributed by atoms with van der Waals surface area (Å²) in [4.78, 5) is 6.29. The zero-order valence-corrected chi connectivity index (χ0v) is 9.31. The maximum absolute atomic E-state index is 4.20. The number of benzene rings is 1. The molecule has 2 rings (SSSR count). The van der Waals surface area contributed by atoms with Crippen LogP contribution in [0.25, 0.3) is 5.69 Å². The molecule has 0 saturated carbocycles. The molecule has 1 aromatic carbocycles. The largest absolute Gasteiger partial charge is 0.378 e. The van der Waals surface area contributed by atoms with Crippen LogP contribution in [0.15, 0.2) is 36.7 Å². The van der Waals surface area contributed by atoms with E-state index >= 15 is 0 Å². The Balaban J connectivity index is 2.36. The van der Waals surface area contributed by atoms with Crippen LogP contribution in [-0.4, -0.2) is 23.6 Å². The first kappa shape index (κ1) is 9.77. The third-order valence-corrected chi connectivity index (χ3v) is 2.47. The van der Waals surface area contributed by atoms with Crippen molar-refractivity contribution in [3.8, 4) is 5.69 Å². The second-order valence-corrected chi connectivity index (χ2v) is 3.76. The van der Waals surface area contributed by atoms with E-state index in [2.05, 4.69) is 38.7 Å². The van der Waals surface area contributed by atoms with Crippen molar-refractivity contribution in [3.05, 3.63) is 42.5 Å². The van der Waals surface area contributed by atoms with E-state index in [4.69, 9.17) is 0 Å². The van der Waals surface area contributed by atoms with Crippen LogP contribution in [0.5, 0.6) is 0 Å². The highest BCUT2D eigenvalue weighted by atomic mass is 15.1. The van der Waals surface area contributed by atoms with Gasteiger partial charge in [-0.2, -0.15) is 0 Å². The van der Waals surface area contributed by atoms with Crippen molar-refractivity contribution in [2.45, 2.75) is 6.92 Å². The molecule has 78 valence electrons. The second kappa shape index (κ2) is 3.77. The van der Waals surface area contributed by atoms with Gasteiger partial charge >= 0.3 is 0 Å². The zero-order chi connectivity index (χ0) is 10.8. The standard InChI is InChI=1S/C12H15N3/c1-10-13-8-9-15(10)12-6-4-11(5-7-12)14(2)3/h4-9H,1-3H3. The first-order valence-corrected chi connectivity index (χ1v) is 4.96. The smallest absolute Gasteiger partial charge is 0.110 e. The van der Waals surface area contributed by atoms with Crippen LogP contribution in [0.1, 0.15) is 5.82 Å². The van der Waals surface area contributed by atoms with Gasteiger partial charge in [-0.05, 0) is 31.2 Å². The number of anilines is 1. The first-order chi connectivity index (χ1) is 7.18. The zero-order valence-electron chi connectivity index (χ0n) is 9.31. The van der Waals surface area contributed by atoms with E-state index in [0.717, 1.165) is 11.5 Å². The lowest BCUT2D eigenvalue weighted by molar-refractivity contribution is 0.973. The molecule has 1 heterocycles. The highest BCUT2D eigenvalue weighted by molar-refractivity contribution is 5.50. The molecule has 0 unspecified atom stereocenters. The Bertz CT molecular complexity index is 440. The quantitative estimate of drug-likeness (QED) is 0.743. The molecule has 0 aliphatic heterocycles. The molecule has 0 saturated heterocycles. The molecule has 0 aliphatic carbocycles. The summed E-state index contributed by atoms with van der Waals surface area (Å²) >= 11 is 0. The van der Waals surface area contributed by atoms with Crippen LogP contribution in [-0.2, 0) is 0 Å². The van der Waals surface area contributed by atoms with Crippen molar-refractivity contribution in [1.29, 1.82) is 0 Å². The normalized spacial score (nSPS) is 10.3. The third-order valence-electron chi connectivity index (χ3n) is 2.47. The highest BCUT2D eigenvalue weighted by Crippen LogP contribution is 2.16. The molecule has 0 bridgehead atoms. The van der Waals surface area contributed by atoms with Crippen molar-refractivity contribution < 1.29 is 0 Å². The predicted molar refractivity (Wildman–Crippen MR) is 62.6 cm³/mol. The molecule has 15 heavy (non-hydrogen) atoms. The molecule has 3 heteroatoms. The number of nitrogens with zero attached hydrogens (tertiary/aromatic N) is 3. The van der Waals surface area contributed by atoms with E-state index < -0.39 is 0 Å². The van der Waals surface area contributed by atoms with Gasteiger partial charge < -0.3 is 9.47 Å². The molecule has 2 aromatic rings. The predicted octanol–water partition coefficient (Wildman–Crippen LogP) is 2.25. The molecular weight excluding hydrogens is 186 g/mol. The van der Waals surface area contributed by atoms with Crippen molar-refractivity contribution in [2.75, 3.05) is 19.0 Å². The molecule has 0 radical (unpaired) electrons. The fourth-order valence-electron chi connectivity index (χ4n) is 1.56. The Kier molecular flexibility index (Phi) is 2.46. The summed E-state index contributed by atoms with van der Waals surface area (Å²) in [6.07, 6.45) is 3.79. The number of hydrogen-bond donors (Lipinski definition) is 0. The van der Waals surface area contributed by atoms with Gasteiger partial charge in [0.1, 0.15) is 5.82 Å². The van der Waals surface area contributed by atoms with Crippen LogP contribution in [0, 0.1) is 6.92 Å². The number of imidazole rings is 1. The van der Waals surface area contributed by atoms with Gasteiger partial charge in [0.25, 0.3) is 0 Å². The van der Waals surface area contributed by atoms with E-state index in [1.165, 1.54) is 5.69 Å². The summed E-state index contributed by atoms with van der Waals surface area (Å²) in [5.41, 5.74) is 2.35. The van der Waals surface area contributed by atoms with Gasteiger partial charge in [0.2, 0.25) is 0 Å². The Hall–Kier alpha value is -1.77. The molecule has 0 fully saturated rings. The molecule has 0 amide bonds. The van der Waals surface area contributed by atoms with Crippen molar-refractivity contribution in [3.63, 3.8) is 0 Å². The van der Waals surface area contributed by atoms with Crippen LogP contribution in [0.4, 0.5) is 5.69 Å². The fourth-order valence-corrected chi connectivity index (χ4v) is 1.56. The molecule has 0 aliphatic rings. The molecule has 1 aromatic heterocycles. The maximum atomic E-state index is 4.20. The Morgan fingerprint density at radius 3 is 2.27 bits per heavy atom. The SMILES string of the molecule is Cc1nccn1-c1ccc(N(C)C)cc1. The monoisotopic (exact) mass is 201 g/mol. The van der Waals surface area contributed by atoms with Crippen molar-refractivity contribution in [2.24, 2.45) is 0 Å². The summed E-state index contributed by atoms with van der Waals surface area (Å²) in [6.45, 7) is 2.00. The van der Waals surface area contributed by atoms with Gasteiger partial charge in [-0.1, -0.05) is 0 Å². The van der Waals surface area contributed by atoms with Crippen LogP contribution in [0.3, 0.4) is 0 Å². The van der Waals surface area contributed by atoms with E-state index in [1.54, 1.807) is 0 Å². The van der Waals surface area contributed by atoms with Gasteiger partial charge in [-0.15, -0.1) is 0 Å². The fraction of sp³-hybridized carbons (Fsp3) is 0.250. The van der Waals surface area contributed by atoms with E-state index in [9.17, 15) is 0 Å². The van der Waals surface area contributed by atoms with Crippen molar-refractivity contribution >= 4 is 5.69 Å². The minimum atomic E-state index is 1.01. The topological polar surface area (TPSA) is 21.1 Å². The Morgan fingerprint density at radius 2 is 1.80 bits per heavy atom. The summed E-state index contributed by atoms with van der Waals surface area (Å²) in [7, 11) is 4.08. The van der Waals surface area contributed by atoms with E-state index in [-0.39, 0.29) is 0 Å². The van der Waals surface area contributed by atoms with Gasteiger partial charge in [0.05, 0.1) is 0 Å². The van der Waals surface area contributed by atoms with E-state index in [1.807, 2.05) is 33.4 Å². The van der Waals surface area contributed by atoms with Gasteiger partial charge in [0, 0.05) is 37.9 Å². The lowest BCUT2D eigenvalue weighted by Crippen LogP contribution is -2.08. The van der Waals surface area contributed by atoms with Gasteiger partial charge in [-0.25, -0.2) is 4.98 Å². The van der Waals surface area contributed by atoms with Gasteiger partial charge in [-0.3, -0.25) is 0 Å². The molecule has 0 spiro atoms. The Labute approximate surface area is 90.0 Å². The number of aromatic nitrogens is 2. The van der Waals surface area contributed by atoms with Gasteiger partial charge in [0.15, 0.2) is 0 Å².